The average Bonchev–Trinajstić information content (AvgIpc) is 2.15. The van der Waals surface area contributed by atoms with Crippen LogP contribution in [-0.4, -0.2) is 10.7 Å². The molecule has 0 atom stereocenters. The summed E-state index contributed by atoms with van der Waals surface area (Å²) < 4.78 is 1.80. The molecule has 10 heavy (non-hydrogen) atoms. The number of hydrogen-bond donors (Lipinski definition) is 0. The molecular formula is C5H5NO2S2. The van der Waals surface area contributed by atoms with Gasteiger partial charge in [0.2, 0.25) is 0 Å². The summed E-state index contributed by atoms with van der Waals surface area (Å²) in [7, 11) is 0. The summed E-state index contributed by atoms with van der Waals surface area (Å²) >= 11 is 6.15. The van der Waals surface area contributed by atoms with Gasteiger partial charge in [0.25, 0.3) is 0 Å². The number of hydrogen-bond acceptors (Lipinski definition) is 4. The Bertz CT molecular complexity index is 288. The van der Waals surface area contributed by atoms with Crippen LogP contribution in [0.4, 0.5) is 0 Å². The molecule has 0 saturated carbocycles. The van der Waals surface area contributed by atoms with E-state index in [2.05, 4.69) is 4.84 Å². The van der Waals surface area contributed by atoms with E-state index in [1.54, 1.807) is 11.6 Å². The maximum absolute atomic E-state index is 10.4. The molecule has 0 saturated heterocycles. The molecule has 0 aliphatic heterocycles. The van der Waals surface area contributed by atoms with Gasteiger partial charge in [0.15, 0.2) is 3.95 Å². The summed E-state index contributed by atoms with van der Waals surface area (Å²) in [4.78, 5) is 15.0. The summed E-state index contributed by atoms with van der Waals surface area (Å²) in [6.45, 7) is 1.33. The molecule has 5 heteroatoms. The van der Waals surface area contributed by atoms with E-state index in [9.17, 15) is 4.79 Å². The molecule has 1 aromatic heterocycles. The third-order valence-corrected chi connectivity index (χ3v) is 1.88. The molecule has 0 unspecified atom stereocenters. The van der Waals surface area contributed by atoms with E-state index in [0.29, 0.717) is 3.95 Å². The average molecular weight is 175 g/mol. The van der Waals surface area contributed by atoms with E-state index in [0.717, 1.165) is 0 Å². The summed E-state index contributed by atoms with van der Waals surface area (Å²) in [5.74, 6) is -0.366. The quantitative estimate of drug-likeness (QED) is 0.602. The Balaban J connectivity index is 2.85. The topological polar surface area (TPSA) is 31.2 Å². The zero-order valence-electron chi connectivity index (χ0n) is 5.23. The first-order chi connectivity index (χ1) is 4.70. The van der Waals surface area contributed by atoms with Crippen LogP contribution in [0.3, 0.4) is 0 Å². The van der Waals surface area contributed by atoms with Gasteiger partial charge in [-0.15, -0.1) is 11.3 Å². The summed E-state index contributed by atoms with van der Waals surface area (Å²) in [6.07, 6.45) is 1.61. The van der Waals surface area contributed by atoms with Crippen LogP contribution >= 0.6 is 23.6 Å². The second-order valence-corrected chi connectivity index (χ2v) is 3.12. The summed E-state index contributed by atoms with van der Waals surface area (Å²) in [5.41, 5.74) is 0. The minimum atomic E-state index is -0.366. The zero-order valence-corrected chi connectivity index (χ0v) is 6.87. The van der Waals surface area contributed by atoms with Gasteiger partial charge in [0.05, 0.1) is 6.20 Å². The van der Waals surface area contributed by atoms with Crippen LogP contribution in [0, 0.1) is 3.95 Å². The fraction of sp³-hybridized carbons (Fsp3) is 0.200. The van der Waals surface area contributed by atoms with Gasteiger partial charge in [-0.05, 0) is 12.2 Å². The number of thiazole rings is 1. The van der Waals surface area contributed by atoms with Crippen molar-refractivity contribution in [3.8, 4) is 0 Å². The van der Waals surface area contributed by atoms with Crippen molar-refractivity contribution in [2.75, 3.05) is 0 Å². The fourth-order valence-corrected chi connectivity index (χ4v) is 1.22. The van der Waals surface area contributed by atoms with E-state index in [1.807, 2.05) is 0 Å². The molecule has 0 aromatic carbocycles. The summed E-state index contributed by atoms with van der Waals surface area (Å²) in [6, 6.07) is 0. The second-order valence-electron chi connectivity index (χ2n) is 1.58. The van der Waals surface area contributed by atoms with Crippen LogP contribution in [-0.2, 0) is 4.79 Å². The van der Waals surface area contributed by atoms with Crippen LogP contribution in [0.5, 0.6) is 0 Å². The van der Waals surface area contributed by atoms with E-state index in [-0.39, 0.29) is 5.97 Å². The lowest BCUT2D eigenvalue weighted by Gasteiger charge is -1.97. The van der Waals surface area contributed by atoms with Gasteiger partial charge < -0.3 is 4.84 Å². The predicted octanol–water partition coefficient (Wildman–Crippen LogP) is 1.25. The molecule has 1 aromatic rings. The van der Waals surface area contributed by atoms with Crippen molar-refractivity contribution < 1.29 is 9.63 Å². The van der Waals surface area contributed by atoms with Crippen LogP contribution < -0.4 is 4.84 Å². The highest BCUT2D eigenvalue weighted by Gasteiger charge is 1.95. The number of rotatable bonds is 1. The highest BCUT2D eigenvalue weighted by atomic mass is 32.1. The van der Waals surface area contributed by atoms with Gasteiger partial charge in [-0.1, -0.05) is 0 Å². The lowest BCUT2D eigenvalue weighted by Crippen LogP contribution is -2.14. The SMILES string of the molecule is CC(=O)On1ccsc1=S. The van der Waals surface area contributed by atoms with Crippen LogP contribution in [0.1, 0.15) is 6.92 Å². The molecule has 0 bridgehead atoms. The first-order valence-electron chi connectivity index (χ1n) is 2.55. The van der Waals surface area contributed by atoms with Crippen molar-refractivity contribution in [2.24, 2.45) is 0 Å². The van der Waals surface area contributed by atoms with Crippen molar-refractivity contribution in [1.29, 1.82) is 0 Å². The first-order valence-corrected chi connectivity index (χ1v) is 3.84. The zero-order chi connectivity index (χ0) is 7.56. The molecule has 3 nitrogen and oxygen atoms in total. The predicted molar refractivity (Wildman–Crippen MR) is 40.4 cm³/mol. The monoisotopic (exact) mass is 175 g/mol. The van der Waals surface area contributed by atoms with Gasteiger partial charge in [0, 0.05) is 12.3 Å². The largest absolute Gasteiger partial charge is 0.335 e. The molecule has 1 rings (SSSR count). The first kappa shape index (κ1) is 7.43. The molecule has 0 amide bonds. The van der Waals surface area contributed by atoms with Crippen molar-refractivity contribution in [3.63, 3.8) is 0 Å². The molecule has 0 fully saturated rings. The Morgan fingerprint density at radius 1 is 1.90 bits per heavy atom. The number of carbonyl (C=O) groups excluding carboxylic acids is 1. The number of carbonyl (C=O) groups is 1. The van der Waals surface area contributed by atoms with Crippen LogP contribution in [0.15, 0.2) is 11.6 Å². The Hall–Kier alpha value is -0.680. The smallest absolute Gasteiger partial charge is 0.329 e. The molecule has 0 spiro atoms. The minimum absolute atomic E-state index is 0.366. The maximum Gasteiger partial charge on any atom is 0.329 e. The van der Waals surface area contributed by atoms with Gasteiger partial charge >= 0.3 is 5.97 Å². The van der Waals surface area contributed by atoms with Gasteiger partial charge in [-0.2, -0.15) is 4.73 Å². The Morgan fingerprint density at radius 2 is 2.60 bits per heavy atom. The van der Waals surface area contributed by atoms with Gasteiger partial charge in [-0.3, -0.25) is 0 Å². The highest BCUT2D eigenvalue weighted by Crippen LogP contribution is 1.99. The molecule has 0 aliphatic carbocycles. The Morgan fingerprint density at radius 3 is 3.00 bits per heavy atom. The fourth-order valence-electron chi connectivity index (χ4n) is 0.463. The molecular weight excluding hydrogens is 170 g/mol. The Labute approximate surface area is 66.8 Å². The number of aromatic nitrogens is 1. The molecule has 0 aliphatic rings. The highest BCUT2D eigenvalue weighted by molar-refractivity contribution is 7.73. The third kappa shape index (κ3) is 1.65. The lowest BCUT2D eigenvalue weighted by atomic mass is 10.8. The third-order valence-electron chi connectivity index (χ3n) is 0.772. The second kappa shape index (κ2) is 2.94. The molecule has 1 heterocycles. The van der Waals surface area contributed by atoms with Crippen molar-refractivity contribution in [1.82, 2.24) is 4.73 Å². The van der Waals surface area contributed by atoms with E-state index in [4.69, 9.17) is 12.2 Å². The van der Waals surface area contributed by atoms with E-state index in [1.165, 1.54) is 23.0 Å². The van der Waals surface area contributed by atoms with Gasteiger partial charge in [-0.25, -0.2) is 4.79 Å². The van der Waals surface area contributed by atoms with E-state index >= 15 is 0 Å². The van der Waals surface area contributed by atoms with Crippen molar-refractivity contribution >= 4 is 29.5 Å². The normalized spacial score (nSPS) is 9.30. The molecule has 54 valence electrons. The summed E-state index contributed by atoms with van der Waals surface area (Å²) in [5, 5.41) is 1.76. The molecule has 0 radical (unpaired) electrons. The van der Waals surface area contributed by atoms with E-state index < -0.39 is 0 Å². The number of nitrogens with zero attached hydrogens (tertiary/aromatic N) is 1. The lowest BCUT2D eigenvalue weighted by molar-refractivity contribution is -0.141. The molecule has 0 N–H and O–H groups in total. The van der Waals surface area contributed by atoms with Crippen LogP contribution in [0.25, 0.3) is 0 Å². The van der Waals surface area contributed by atoms with Gasteiger partial charge in [0.1, 0.15) is 0 Å². The Kier molecular flexibility index (Phi) is 2.18. The standard InChI is InChI=1S/C5H5NO2S2/c1-4(7)8-6-2-3-10-5(6)9/h2-3H,1H3. The van der Waals surface area contributed by atoms with Crippen molar-refractivity contribution in [2.45, 2.75) is 6.92 Å². The minimum Gasteiger partial charge on any atom is -0.335 e. The maximum atomic E-state index is 10.4. The van der Waals surface area contributed by atoms with Crippen LogP contribution in [0.2, 0.25) is 0 Å². The van der Waals surface area contributed by atoms with Crippen molar-refractivity contribution in [3.05, 3.63) is 15.5 Å².